The van der Waals surface area contributed by atoms with Crippen molar-refractivity contribution in [3.63, 3.8) is 0 Å². The summed E-state index contributed by atoms with van der Waals surface area (Å²) in [6.45, 7) is 0. The van der Waals surface area contributed by atoms with Gasteiger partial charge in [0.05, 0.1) is 0 Å². The molecule has 0 aromatic carbocycles. The fourth-order valence-electron chi connectivity index (χ4n) is 0. The molecule has 0 heterocycles. The Morgan fingerprint density at radius 1 is 1.60 bits per heavy atom. The Kier molecular flexibility index (Phi) is 2.55. The number of rotatable bonds is 1. The van der Waals surface area contributed by atoms with Crippen LogP contribution in [0, 0.1) is 0 Å². The molecule has 0 aromatic rings. The van der Waals surface area contributed by atoms with E-state index in [1.807, 2.05) is 0 Å². The summed E-state index contributed by atoms with van der Waals surface area (Å²) in [7, 11) is 1.14. The van der Waals surface area contributed by atoms with E-state index in [9.17, 15) is 7.35 Å². The third-order valence-electron chi connectivity index (χ3n) is 0.149. The number of hydrogen-bond acceptors (Lipinski definition) is 3. The van der Waals surface area contributed by atoms with E-state index < -0.39 is 15.4 Å². The Bertz CT molecular complexity index is 65.0. The van der Waals surface area contributed by atoms with Crippen molar-refractivity contribution in [3.8, 4) is 0 Å². The third-order valence-corrected chi connectivity index (χ3v) is 0.615. The van der Waals surface area contributed by atoms with E-state index in [0.717, 1.165) is 8.05 Å². The monoisotopic (exact) mass is 112 g/mol. The molecule has 5 heteroatoms. The fraction of sp³-hybridized carbons (Fsp3) is 0. The Morgan fingerprint density at radius 3 is 1.80 bits per heavy atom. The Hall–Kier alpha value is 0.209. The molecule has 0 aromatic heterocycles. The van der Waals surface area contributed by atoms with Crippen molar-refractivity contribution >= 4 is 8.05 Å². The molecule has 0 amide bonds. The molecule has 0 N–H and O–H groups in total. The van der Waals surface area contributed by atoms with Crippen molar-refractivity contribution < 1.29 is 26.3 Å². The summed E-state index contributed by atoms with van der Waals surface area (Å²) in [5.74, 6) is 0. The Labute approximate surface area is 35.1 Å². The Morgan fingerprint density at radius 2 is 1.80 bits per heavy atom. The minimum absolute atomic E-state index is 1.14. The molecule has 0 saturated heterocycles. The molecule has 0 aliphatic rings. The van der Waals surface area contributed by atoms with E-state index >= 15 is 0 Å². The normalized spacial score (nSPS) is 7.20. The summed E-state index contributed by atoms with van der Waals surface area (Å²) in [5.41, 5.74) is 0. The van der Waals surface area contributed by atoms with Gasteiger partial charge in [0.2, 0.25) is 0 Å². The van der Waals surface area contributed by atoms with Gasteiger partial charge in [-0.15, -0.1) is 0 Å². The molecule has 0 spiro atoms. The average Bonchev–Trinajstić information content (AvgIpc) is 1.38. The molecular weight excluding hydrogens is 110 g/mol. The molecule has 5 heavy (non-hydrogen) atoms. The maximum absolute atomic E-state index is 9.26. The van der Waals surface area contributed by atoms with E-state index in [1.165, 1.54) is 0 Å². The van der Waals surface area contributed by atoms with Gasteiger partial charge in [0.1, 0.15) is 0 Å². The summed E-state index contributed by atoms with van der Waals surface area (Å²) >= 11 is -3.20. The van der Waals surface area contributed by atoms with E-state index in [4.69, 9.17) is 0 Å². The molecule has 0 radical (unpaired) electrons. The van der Waals surface area contributed by atoms with Crippen molar-refractivity contribution in [2.75, 3.05) is 0 Å². The van der Waals surface area contributed by atoms with Gasteiger partial charge >= 0.3 is 34.4 Å². The van der Waals surface area contributed by atoms with Crippen LogP contribution in [0.5, 0.6) is 0 Å². The molecule has 0 saturated carbocycles. The Balaban J connectivity index is 3.23. The van der Waals surface area contributed by atoms with Crippen LogP contribution in [0.2, 0.25) is 0 Å². The standard InChI is InChI=1S/BH2O.2O.V/c1-2;;;/h1H2;;;/q-1;;;+1. The molecule has 0 unspecified atom stereocenters. The first-order valence-electron chi connectivity index (χ1n) is 0.956. The summed E-state index contributed by atoms with van der Waals surface area (Å²) in [6.07, 6.45) is 0. The first-order chi connectivity index (χ1) is 2.27. The van der Waals surface area contributed by atoms with E-state index in [2.05, 4.69) is 3.58 Å². The molecule has 28 valence electrons. The van der Waals surface area contributed by atoms with Crippen LogP contribution in [0.4, 0.5) is 0 Å². The molecule has 0 aliphatic carbocycles. The van der Waals surface area contributed by atoms with Crippen LogP contribution in [-0.2, 0) is 26.3 Å². The van der Waals surface area contributed by atoms with Crippen LogP contribution in [-0.4, -0.2) is 8.05 Å². The first kappa shape index (κ1) is 5.21. The van der Waals surface area contributed by atoms with Crippen molar-refractivity contribution in [3.05, 3.63) is 0 Å². The van der Waals surface area contributed by atoms with Crippen molar-refractivity contribution in [2.24, 2.45) is 0 Å². The van der Waals surface area contributed by atoms with Gasteiger partial charge in [0, 0.05) is 0 Å². The van der Waals surface area contributed by atoms with Gasteiger partial charge in [-0.3, -0.25) is 0 Å². The average molecular weight is 112 g/mol. The van der Waals surface area contributed by atoms with Gasteiger partial charge in [-0.1, -0.05) is 0 Å². The van der Waals surface area contributed by atoms with Gasteiger partial charge in [0.15, 0.2) is 0 Å². The predicted molar refractivity (Wildman–Crippen MR) is 11.0 cm³/mol. The molecule has 0 atom stereocenters. The summed E-state index contributed by atoms with van der Waals surface area (Å²) in [4.78, 5) is 0. The van der Waals surface area contributed by atoms with Crippen LogP contribution in [0.15, 0.2) is 0 Å². The summed E-state index contributed by atoms with van der Waals surface area (Å²) in [6, 6.07) is 0. The van der Waals surface area contributed by atoms with E-state index in [1.54, 1.807) is 0 Å². The second-order valence-electron chi connectivity index (χ2n) is 0.406. The predicted octanol–water partition coefficient (Wildman–Crippen LogP) is -1.22. The second-order valence-corrected chi connectivity index (χ2v) is 1.67. The van der Waals surface area contributed by atoms with Crippen LogP contribution in [0.1, 0.15) is 0 Å². The minimum atomic E-state index is -3.20. The van der Waals surface area contributed by atoms with E-state index in [0.29, 0.717) is 0 Å². The van der Waals surface area contributed by atoms with Crippen LogP contribution < -0.4 is 0 Å². The van der Waals surface area contributed by atoms with Crippen LogP contribution >= 0.6 is 0 Å². The van der Waals surface area contributed by atoms with E-state index in [-0.39, 0.29) is 0 Å². The van der Waals surface area contributed by atoms with Crippen LogP contribution in [0.25, 0.3) is 0 Å². The molecule has 0 bridgehead atoms. The quantitative estimate of drug-likeness (QED) is 0.399. The van der Waals surface area contributed by atoms with Crippen molar-refractivity contribution in [1.29, 1.82) is 0 Å². The summed E-state index contributed by atoms with van der Waals surface area (Å²) in [5, 5.41) is 0. The molecule has 0 aliphatic heterocycles. The zero-order valence-corrected chi connectivity index (χ0v) is 4.07. The molecule has 0 fully saturated rings. The number of hydrogen-bond donors (Lipinski definition) is 0. The van der Waals surface area contributed by atoms with Crippen molar-refractivity contribution in [2.45, 2.75) is 0 Å². The fourth-order valence-corrected chi connectivity index (χ4v) is 0. The molecule has 0 rings (SSSR count). The molecule has 3 nitrogen and oxygen atoms in total. The van der Waals surface area contributed by atoms with Gasteiger partial charge in [-0.05, 0) is 0 Å². The van der Waals surface area contributed by atoms with Gasteiger partial charge in [-0.2, -0.15) is 0 Å². The van der Waals surface area contributed by atoms with Crippen LogP contribution in [0.3, 0.4) is 0 Å². The maximum atomic E-state index is 9.26. The van der Waals surface area contributed by atoms with Gasteiger partial charge in [-0.25, -0.2) is 0 Å². The zero-order valence-electron chi connectivity index (χ0n) is 2.67. The van der Waals surface area contributed by atoms with Gasteiger partial charge in [0.25, 0.3) is 0 Å². The van der Waals surface area contributed by atoms with Gasteiger partial charge < -0.3 is 0 Å². The first-order valence-corrected chi connectivity index (χ1v) is 2.67. The second kappa shape index (κ2) is 2.45. The third kappa shape index (κ3) is 4.21. The topological polar surface area (TPSA) is 43.4 Å². The molecular formula is H2BO3V. The summed E-state index contributed by atoms with van der Waals surface area (Å²) < 4.78 is 22.3. The zero-order chi connectivity index (χ0) is 4.28. The SMILES string of the molecule is B[O][V](=[O])=[O]. The van der Waals surface area contributed by atoms with Crippen molar-refractivity contribution in [1.82, 2.24) is 0 Å².